The molecule has 1 amide bonds. The lowest BCUT2D eigenvalue weighted by atomic mass is 9.80. The fourth-order valence-corrected chi connectivity index (χ4v) is 4.86. The lowest BCUT2D eigenvalue weighted by Crippen LogP contribution is -2.31. The molecule has 1 aromatic rings. The molecule has 0 aromatic heterocycles. The topological polar surface area (TPSA) is 46.3 Å². The van der Waals surface area contributed by atoms with E-state index in [-0.39, 0.29) is 11.9 Å². The highest BCUT2D eigenvalue weighted by molar-refractivity contribution is 5.95. The number of nitrogens with two attached hydrogens (primary N) is 1. The Morgan fingerprint density at radius 3 is 2.81 bits per heavy atom. The van der Waals surface area contributed by atoms with Crippen LogP contribution in [0, 0.1) is 17.8 Å². The van der Waals surface area contributed by atoms with Crippen LogP contribution in [-0.2, 0) is 11.2 Å². The van der Waals surface area contributed by atoms with Crippen molar-refractivity contribution in [3.8, 4) is 0 Å². The minimum Gasteiger partial charge on any atom is -0.324 e. The van der Waals surface area contributed by atoms with Crippen LogP contribution < -0.4 is 10.6 Å². The summed E-state index contributed by atoms with van der Waals surface area (Å²) in [6, 6.07) is 6.67. The van der Waals surface area contributed by atoms with Crippen LogP contribution in [0.4, 0.5) is 5.69 Å². The molecule has 0 radical (unpaired) electrons. The number of fused-ring (bicyclic) bond motifs is 3. The Morgan fingerprint density at radius 2 is 2.10 bits per heavy atom. The Bertz CT molecular complexity index is 583. The lowest BCUT2D eigenvalue weighted by molar-refractivity contribution is -0.118. The lowest BCUT2D eigenvalue weighted by Gasteiger charge is -2.30. The summed E-state index contributed by atoms with van der Waals surface area (Å²) >= 11 is 0. The van der Waals surface area contributed by atoms with E-state index in [1.807, 2.05) is 7.05 Å². The molecule has 2 fully saturated rings. The molecule has 4 atom stereocenters. The third-order valence-electron chi connectivity index (χ3n) is 6.09. The van der Waals surface area contributed by atoms with Crippen molar-refractivity contribution < 1.29 is 4.79 Å². The van der Waals surface area contributed by atoms with Crippen LogP contribution in [0.3, 0.4) is 0 Å². The zero-order valence-electron chi connectivity index (χ0n) is 12.7. The highest BCUT2D eigenvalue weighted by Crippen LogP contribution is 2.52. The van der Waals surface area contributed by atoms with Gasteiger partial charge in [0, 0.05) is 25.2 Å². The van der Waals surface area contributed by atoms with Gasteiger partial charge in [0.1, 0.15) is 0 Å². The summed E-state index contributed by atoms with van der Waals surface area (Å²) in [5, 5.41) is 0. The quantitative estimate of drug-likeness (QED) is 0.907. The Hall–Kier alpha value is -1.35. The van der Waals surface area contributed by atoms with Gasteiger partial charge < -0.3 is 10.6 Å². The number of carbonyl (C=O) groups excluding carboxylic acids is 1. The standard InChI is InChI=1S/C18H24N2O/c1-20-16-6-4-14(10-13(16)5-7-17(20)21)18(19)15-9-11-2-3-12(15)8-11/h4,6,10-12,15,18H,2-3,5,7-9,19H2,1H3. The van der Waals surface area contributed by atoms with Gasteiger partial charge in [0.25, 0.3) is 0 Å². The predicted molar refractivity (Wildman–Crippen MR) is 84.0 cm³/mol. The fourth-order valence-electron chi connectivity index (χ4n) is 4.86. The van der Waals surface area contributed by atoms with Crippen molar-refractivity contribution >= 4 is 11.6 Å². The minimum absolute atomic E-state index is 0.175. The zero-order chi connectivity index (χ0) is 14.6. The second-order valence-electron chi connectivity index (χ2n) is 7.21. The van der Waals surface area contributed by atoms with Gasteiger partial charge in [-0.05, 0) is 60.6 Å². The van der Waals surface area contributed by atoms with E-state index in [0.717, 1.165) is 23.9 Å². The molecule has 2 bridgehead atoms. The van der Waals surface area contributed by atoms with Crippen LogP contribution in [0.15, 0.2) is 18.2 Å². The van der Waals surface area contributed by atoms with E-state index in [2.05, 4.69) is 18.2 Å². The number of anilines is 1. The second kappa shape index (κ2) is 4.84. The molecule has 0 spiro atoms. The monoisotopic (exact) mass is 284 g/mol. The van der Waals surface area contributed by atoms with Gasteiger partial charge >= 0.3 is 0 Å². The summed E-state index contributed by atoms with van der Waals surface area (Å²) in [7, 11) is 1.87. The van der Waals surface area contributed by atoms with Gasteiger partial charge in [-0.2, -0.15) is 0 Å². The van der Waals surface area contributed by atoms with Gasteiger partial charge in [0.05, 0.1) is 0 Å². The highest BCUT2D eigenvalue weighted by atomic mass is 16.2. The van der Waals surface area contributed by atoms with Crippen molar-refractivity contribution in [2.24, 2.45) is 23.5 Å². The van der Waals surface area contributed by atoms with Gasteiger partial charge in [0.2, 0.25) is 5.91 Å². The summed E-state index contributed by atoms with van der Waals surface area (Å²) in [5.74, 6) is 2.68. The molecule has 2 saturated carbocycles. The van der Waals surface area contributed by atoms with Crippen LogP contribution >= 0.6 is 0 Å². The summed E-state index contributed by atoms with van der Waals surface area (Å²) < 4.78 is 0. The number of nitrogens with zero attached hydrogens (tertiary/aromatic N) is 1. The van der Waals surface area contributed by atoms with Crippen LogP contribution in [0.2, 0.25) is 0 Å². The molecule has 0 saturated heterocycles. The first-order chi connectivity index (χ1) is 10.1. The van der Waals surface area contributed by atoms with Crippen molar-refractivity contribution in [2.75, 3.05) is 11.9 Å². The summed E-state index contributed by atoms with van der Waals surface area (Å²) in [5.41, 5.74) is 10.2. The maximum Gasteiger partial charge on any atom is 0.227 e. The van der Waals surface area contributed by atoms with E-state index in [9.17, 15) is 4.79 Å². The normalized spacial score (nSPS) is 32.4. The molecule has 112 valence electrons. The SMILES string of the molecule is CN1C(=O)CCc2cc(C(N)C3CC4CCC3C4)ccc21. The molecule has 4 unspecified atom stereocenters. The number of hydrogen-bond acceptors (Lipinski definition) is 2. The average Bonchev–Trinajstić information content (AvgIpc) is 3.13. The Kier molecular flexibility index (Phi) is 3.07. The number of aryl methyl sites for hydroxylation is 1. The van der Waals surface area contributed by atoms with Crippen molar-refractivity contribution in [2.45, 2.75) is 44.6 Å². The van der Waals surface area contributed by atoms with Crippen molar-refractivity contribution in [3.05, 3.63) is 29.3 Å². The number of rotatable bonds is 2. The molecule has 2 aliphatic carbocycles. The molecule has 1 heterocycles. The van der Waals surface area contributed by atoms with E-state index in [1.54, 1.807) is 4.90 Å². The van der Waals surface area contributed by atoms with Gasteiger partial charge in [-0.3, -0.25) is 4.79 Å². The molecular weight excluding hydrogens is 260 g/mol. The number of amides is 1. The maximum absolute atomic E-state index is 11.8. The van der Waals surface area contributed by atoms with E-state index in [1.165, 1.54) is 36.8 Å². The predicted octanol–water partition coefficient (Wildman–Crippen LogP) is 3.03. The zero-order valence-corrected chi connectivity index (χ0v) is 12.7. The van der Waals surface area contributed by atoms with E-state index >= 15 is 0 Å². The maximum atomic E-state index is 11.8. The molecular formula is C18H24N2O. The molecule has 1 aromatic carbocycles. The van der Waals surface area contributed by atoms with Crippen LogP contribution in [0.5, 0.6) is 0 Å². The molecule has 3 nitrogen and oxygen atoms in total. The van der Waals surface area contributed by atoms with Crippen molar-refractivity contribution in [3.63, 3.8) is 0 Å². The minimum atomic E-state index is 0.175. The van der Waals surface area contributed by atoms with E-state index in [4.69, 9.17) is 5.73 Å². The fraction of sp³-hybridized carbons (Fsp3) is 0.611. The Labute approximate surface area is 126 Å². The molecule has 1 aliphatic heterocycles. The van der Waals surface area contributed by atoms with Crippen LogP contribution in [0.25, 0.3) is 0 Å². The molecule has 3 heteroatoms. The second-order valence-corrected chi connectivity index (χ2v) is 7.21. The van der Waals surface area contributed by atoms with Gasteiger partial charge in [-0.25, -0.2) is 0 Å². The Morgan fingerprint density at radius 1 is 1.24 bits per heavy atom. The number of carbonyl (C=O) groups is 1. The van der Waals surface area contributed by atoms with Gasteiger partial charge in [-0.15, -0.1) is 0 Å². The highest BCUT2D eigenvalue weighted by Gasteiger charge is 2.42. The smallest absolute Gasteiger partial charge is 0.227 e. The molecule has 3 aliphatic rings. The Balaban J connectivity index is 1.60. The van der Waals surface area contributed by atoms with Crippen molar-refractivity contribution in [1.82, 2.24) is 0 Å². The van der Waals surface area contributed by atoms with Crippen molar-refractivity contribution in [1.29, 1.82) is 0 Å². The molecule has 2 N–H and O–H groups in total. The summed E-state index contributed by atoms with van der Waals surface area (Å²) in [4.78, 5) is 13.6. The van der Waals surface area contributed by atoms with Gasteiger partial charge in [-0.1, -0.05) is 18.6 Å². The molecule has 21 heavy (non-hydrogen) atoms. The number of benzene rings is 1. The first kappa shape index (κ1) is 13.3. The van der Waals surface area contributed by atoms with Gasteiger partial charge in [0.15, 0.2) is 0 Å². The van der Waals surface area contributed by atoms with E-state index < -0.39 is 0 Å². The number of hydrogen-bond donors (Lipinski definition) is 1. The third-order valence-corrected chi connectivity index (χ3v) is 6.09. The van der Waals surface area contributed by atoms with Crippen LogP contribution in [0.1, 0.15) is 49.3 Å². The average molecular weight is 284 g/mol. The largest absolute Gasteiger partial charge is 0.324 e. The third kappa shape index (κ3) is 2.10. The first-order valence-electron chi connectivity index (χ1n) is 8.28. The van der Waals surface area contributed by atoms with Crippen LogP contribution in [-0.4, -0.2) is 13.0 Å². The summed E-state index contributed by atoms with van der Waals surface area (Å²) in [6.45, 7) is 0. The first-order valence-corrected chi connectivity index (χ1v) is 8.28. The molecule has 4 rings (SSSR count). The summed E-state index contributed by atoms with van der Waals surface area (Å²) in [6.07, 6.45) is 7.00. The van der Waals surface area contributed by atoms with E-state index in [0.29, 0.717) is 12.3 Å².